The van der Waals surface area contributed by atoms with E-state index in [2.05, 4.69) is 0 Å². The molecule has 2 rings (SSSR count). The highest BCUT2D eigenvalue weighted by Crippen LogP contribution is 2.22. The molecule has 6 heteroatoms. The lowest BCUT2D eigenvalue weighted by molar-refractivity contribution is -0.0247. The van der Waals surface area contributed by atoms with Crippen molar-refractivity contribution in [3.05, 3.63) is 21.9 Å². The second kappa shape index (κ2) is 5.07. The van der Waals surface area contributed by atoms with Crippen LogP contribution >= 0.6 is 11.3 Å². The lowest BCUT2D eigenvalue weighted by atomic mass is 10.1. The molecule has 0 aromatic carbocycles. The molecule has 2 atom stereocenters. The average Bonchev–Trinajstić information content (AvgIpc) is 2.77. The van der Waals surface area contributed by atoms with Gasteiger partial charge in [0.2, 0.25) is 0 Å². The molecule has 1 aliphatic rings. The van der Waals surface area contributed by atoms with Gasteiger partial charge in [0.05, 0.1) is 30.2 Å². The topological polar surface area (TPSA) is 66.8 Å². The number of thiophene rings is 1. The highest BCUT2D eigenvalue weighted by Gasteiger charge is 2.31. The van der Waals surface area contributed by atoms with E-state index in [0.29, 0.717) is 18.1 Å². The molecule has 0 spiro atoms. The van der Waals surface area contributed by atoms with Crippen molar-refractivity contribution in [2.45, 2.75) is 25.9 Å². The van der Waals surface area contributed by atoms with Crippen molar-refractivity contribution in [1.82, 2.24) is 4.90 Å². The van der Waals surface area contributed by atoms with Crippen LogP contribution in [0.4, 0.5) is 0 Å². The van der Waals surface area contributed by atoms with E-state index in [1.165, 1.54) is 6.07 Å². The highest BCUT2D eigenvalue weighted by molar-refractivity contribution is 7.15. The Labute approximate surface area is 109 Å². The number of rotatable bonds is 2. The molecule has 1 saturated heterocycles. The Hall–Kier alpha value is -1.40. The molecule has 1 aromatic rings. The van der Waals surface area contributed by atoms with Crippen LogP contribution in [0.15, 0.2) is 12.1 Å². The number of amides is 1. The van der Waals surface area contributed by atoms with Gasteiger partial charge in [0.15, 0.2) is 0 Å². The second-order valence-electron chi connectivity index (χ2n) is 4.42. The summed E-state index contributed by atoms with van der Waals surface area (Å²) in [5.74, 6) is -1.11. The summed E-state index contributed by atoms with van der Waals surface area (Å²) in [4.78, 5) is 25.6. The number of morpholine rings is 1. The van der Waals surface area contributed by atoms with Crippen molar-refractivity contribution in [2.24, 2.45) is 0 Å². The van der Waals surface area contributed by atoms with Crippen LogP contribution in [0.25, 0.3) is 0 Å². The van der Waals surface area contributed by atoms with Gasteiger partial charge in [-0.2, -0.15) is 0 Å². The van der Waals surface area contributed by atoms with E-state index in [9.17, 15) is 9.59 Å². The third-order valence-electron chi connectivity index (χ3n) is 2.93. The van der Waals surface area contributed by atoms with Crippen molar-refractivity contribution in [3.8, 4) is 0 Å². The molecule has 1 amide bonds. The molecule has 18 heavy (non-hydrogen) atoms. The normalized spacial score (nSPS) is 24.0. The van der Waals surface area contributed by atoms with Gasteiger partial charge in [0.1, 0.15) is 4.88 Å². The van der Waals surface area contributed by atoms with E-state index in [-0.39, 0.29) is 22.9 Å². The molecule has 0 radical (unpaired) electrons. The Bertz CT molecular complexity index is 460. The fraction of sp³-hybridized carbons (Fsp3) is 0.500. The van der Waals surface area contributed by atoms with Gasteiger partial charge in [0.25, 0.3) is 5.91 Å². The van der Waals surface area contributed by atoms with E-state index in [0.717, 1.165) is 11.3 Å². The Kier molecular flexibility index (Phi) is 3.68. The van der Waals surface area contributed by atoms with Gasteiger partial charge in [-0.15, -0.1) is 11.3 Å². The molecule has 2 unspecified atom stereocenters. The van der Waals surface area contributed by atoms with Gasteiger partial charge in [-0.05, 0) is 26.0 Å². The molecule has 1 aromatic heterocycles. The zero-order valence-corrected chi connectivity index (χ0v) is 11.1. The van der Waals surface area contributed by atoms with Crippen molar-refractivity contribution in [2.75, 3.05) is 13.2 Å². The third kappa shape index (κ3) is 2.39. The molecule has 0 bridgehead atoms. The number of carbonyl (C=O) groups excluding carboxylic acids is 1. The number of carboxylic acid groups (broad SMARTS) is 1. The zero-order valence-electron chi connectivity index (χ0n) is 10.3. The van der Waals surface area contributed by atoms with Crippen LogP contribution in [0.2, 0.25) is 0 Å². The predicted molar refractivity (Wildman–Crippen MR) is 67.2 cm³/mol. The molecule has 1 aliphatic heterocycles. The number of aromatic carboxylic acids is 1. The molecular weight excluding hydrogens is 254 g/mol. The van der Waals surface area contributed by atoms with Crippen molar-refractivity contribution in [3.63, 3.8) is 0 Å². The maximum atomic E-state index is 12.3. The van der Waals surface area contributed by atoms with Crippen LogP contribution in [-0.2, 0) is 4.74 Å². The van der Waals surface area contributed by atoms with Crippen LogP contribution in [-0.4, -0.2) is 47.2 Å². The molecule has 2 heterocycles. The van der Waals surface area contributed by atoms with Gasteiger partial charge < -0.3 is 14.7 Å². The van der Waals surface area contributed by atoms with E-state index >= 15 is 0 Å². The lowest BCUT2D eigenvalue weighted by Crippen LogP contribution is -2.52. The predicted octanol–water partition coefficient (Wildman–Crippen LogP) is 1.70. The lowest BCUT2D eigenvalue weighted by Gasteiger charge is -2.38. The first-order valence-electron chi connectivity index (χ1n) is 5.74. The van der Waals surface area contributed by atoms with Gasteiger partial charge in [-0.25, -0.2) is 4.79 Å². The first-order chi connectivity index (χ1) is 8.50. The summed E-state index contributed by atoms with van der Waals surface area (Å²) in [6.07, 6.45) is 0. The monoisotopic (exact) mass is 269 g/mol. The fourth-order valence-electron chi connectivity index (χ4n) is 2.10. The summed E-state index contributed by atoms with van der Waals surface area (Å²) in [5.41, 5.74) is 0. The summed E-state index contributed by atoms with van der Waals surface area (Å²) < 4.78 is 5.37. The molecule has 5 nitrogen and oxygen atoms in total. The average molecular weight is 269 g/mol. The largest absolute Gasteiger partial charge is 0.477 e. The van der Waals surface area contributed by atoms with Gasteiger partial charge in [0, 0.05) is 0 Å². The Morgan fingerprint density at radius 1 is 1.28 bits per heavy atom. The summed E-state index contributed by atoms with van der Waals surface area (Å²) >= 11 is 1.02. The fourth-order valence-corrected chi connectivity index (χ4v) is 2.89. The standard InChI is InChI=1S/C12H15NO4S/c1-7-5-17-6-8(2)13(7)11(14)9-3-4-10(18-9)12(15)16/h3-4,7-8H,5-6H2,1-2H3,(H,15,16). The van der Waals surface area contributed by atoms with E-state index in [4.69, 9.17) is 9.84 Å². The van der Waals surface area contributed by atoms with Crippen LogP contribution in [0.5, 0.6) is 0 Å². The smallest absolute Gasteiger partial charge is 0.345 e. The quantitative estimate of drug-likeness (QED) is 0.887. The first kappa shape index (κ1) is 13.0. The number of carboxylic acids is 1. The van der Waals surface area contributed by atoms with E-state index in [1.807, 2.05) is 13.8 Å². The minimum absolute atomic E-state index is 0.0108. The second-order valence-corrected chi connectivity index (χ2v) is 5.50. The molecular formula is C12H15NO4S. The van der Waals surface area contributed by atoms with Crippen LogP contribution < -0.4 is 0 Å². The minimum atomic E-state index is -0.998. The van der Waals surface area contributed by atoms with E-state index in [1.54, 1.807) is 11.0 Å². The van der Waals surface area contributed by atoms with Crippen LogP contribution in [0.1, 0.15) is 33.2 Å². The van der Waals surface area contributed by atoms with Gasteiger partial charge >= 0.3 is 5.97 Å². The zero-order chi connectivity index (χ0) is 13.3. The molecule has 98 valence electrons. The Morgan fingerprint density at radius 3 is 2.33 bits per heavy atom. The van der Waals surface area contributed by atoms with Crippen LogP contribution in [0.3, 0.4) is 0 Å². The van der Waals surface area contributed by atoms with Crippen molar-refractivity contribution >= 4 is 23.2 Å². The highest BCUT2D eigenvalue weighted by atomic mass is 32.1. The van der Waals surface area contributed by atoms with Gasteiger partial charge in [-0.3, -0.25) is 4.79 Å². The summed E-state index contributed by atoms with van der Waals surface area (Å²) in [5, 5.41) is 8.86. The number of ether oxygens (including phenoxy) is 1. The minimum Gasteiger partial charge on any atom is -0.477 e. The van der Waals surface area contributed by atoms with Crippen LogP contribution in [0, 0.1) is 0 Å². The van der Waals surface area contributed by atoms with Crippen molar-refractivity contribution in [1.29, 1.82) is 0 Å². The van der Waals surface area contributed by atoms with Crippen molar-refractivity contribution < 1.29 is 19.4 Å². The third-order valence-corrected chi connectivity index (χ3v) is 3.99. The molecule has 0 aliphatic carbocycles. The maximum absolute atomic E-state index is 12.3. The Balaban J connectivity index is 2.21. The van der Waals surface area contributed by atoms with E-state index < -0.39 is 5.97 Å². The molecule has 1 fully saturated rings. The summed E-state index contributed by atoms with van der Waals surface area (Å²) in [6.45, 7) is 4.90. The number of carbonyl (C=O) groups is 2. The first-order valence-corrected chi connectivity index (χ1v) is 6.56. The number of hydrogen-bond acceptors (Lipinski definition) is 4. The maximum Gasteiger partial charge on any atom is 0.345 e. The van der Waals surface area contributed by atoms with Gasteiger partial charge in [-0.1, -0.05) is 0 Å². The SMILES string of the molecule is CC1COCC(C)N1C(=O)c1ccc(C(=O)O)s1. The molecule has 0 saturated carbocycles. The summed E-state index contributed by atoms with van der Waals surface area (Å²) in [7, 11) is 0. The Morgan fingerprint density at radius 2 is 1.83 bits per heavy atom. The number of hydrogen-bond donors (Lipinski definition) is 1. The number of nitrogens with zero attached hydrogens (tertiary/aromatic N) is 1. The summed E-state index contributed by atoms with van der Waals surface area (Å²) in [6, 6.07) is 3.06. The molecule has 1 N–H and O–H groups in total.